The zero-order valence-corrected chi connectivity index (χ0v) is 16.8. The van der Waals surface area contributed by atoms with Crippen molar-refractivity contribution in [3.63, 3.8) is 0 Å². The Morgan fingerprint density at radius 3 is 2.40 bits per heavy atom. The van der Waals surface area contributed by atoms with Crippen LogP contribution in [0.2, 0.25) is 0 Å². The summed E-state index contributed by atoms with van der Waals surface area (Å²) in [7, 11) is 1.52. The molecule has 0 bridgehead atoms. The molecular weight excluding hydrogens is 399 g/mol. The smallest absolute Gasteiger partial charge is 0.416 e. The molecule has 2 unspecified atom stereocenters. The fourth-order valence-corrected chi connectivity index (χ4v) is 3.92. The molecule has 162 valence electrons. The number of carboxylic acid groups (broad SMARTS) is 1. The molecule has 0 radical (unpaired) electrons. The van der Waals surface area contributed by atoms with Gasteiger partial charge in [0.05, 0.1) is 25.3 Å². The summed E-state index contributed by atoms with van der Waals surface area (Å²) in [5.74, 6) is 0.0893. The number of likely N-dealkylation sites (tertiary alicyclic amines) is 1. The predicted molar refractivity (Wildman–Crippen MR) is 105 cm³/mol. The average Bonchev–Trinajstić information content (AvgIpc) is 3.18. The number of methoxy groups -OCH3 is 1. The molecule has 1 saturated heterocycles. The quantitative estimate of drug-likeness (QED) is 0.697. The van der Waals surface area contributed by atoms with E-state index in [0.29, 0.717) is 43.1 Å². The van der Waals surface area contributed by atoms with E-state index < -0.39 is 29.8 Å². The number of alkyl halides is 3. The molecule has 1 aliphatic rings. The Balaban J connectivity index is 2.09. The van der Waals surface area contributed by atoms with E-state index in [-0.39, 0.29) is 0 Å². The second kappa shape index (κ2) is 8.95. The number of aliphatic carboxylic acids is 1. The van der Waals surface area contributed by atoms with Gasteiger partial charge in [0.1, 0.15) is 6.04 Å². The van der Waals surface area contributed by atoms with Crippen molar-refractivity contribution in [2.24, 2.45) is 0 Å². The van der Waals surface area contributed by atoms with Crippen molar-refractivity contribution in [1.82, 2.24) is 4.90 Å². The minimum absolute atomic E-state index is 0.409. The number of hydrogen-bond donors (Lipinski definition) is 1. The third-order valence-corrected chi connectivity index (χ3v) is 5.27. The summed E-state index contributed by atoms with van der Waals surface area (Å²) in [6.45, 7) is 2.77. The van der Waals surface area contributed by atoms with Gasteiger partial charge < -0.3 is 14.6 Å². The lowest BCUT2D eigenvalue weighted by atomic mass is 9.95. The van der Waals surface area contributed by atoms with E-state index in [1.54, 1.807) is 18.2 Å². The molecule has 3 rings (SSSR count). The molecule has 30 heavy (non-hydrogen) atoms. The van der Waals surface area contributed by atoms with Gasteiger partial charge in [-0.05, 0) is 55.2 Å². The lowest BCUT2D eigenvalue weighted by Gasteiger charge is -2.32. The summed E-state index contributed by atoms with van der Waals surface area (Å²) < 4.78 is 50.0. The van der Waals surface area contributed by atoms with Crippen LogP contribution in [0.3, 0.4) is 0 Å². The maximum Gasteiger partial charge on any atom is 0.416 e. The number of carboxylic acids is 1. The molecule has 5 nitrogen and oxygen atoms in total. The van der Waals surface area contributed by atoms with Crippen molar-refractivity contribution in [3.8, 4) is 11.5 Å². The van der Waals surface area contributed by atoms with Crippen molar-refractivity contribution in [3.05, 3.63) is 59.2 Å². The molecule has 1 fully saturated rings. The topological polar surface area (TPSA) is 59.0 Å². The van der Waals surface area contributed by atoms with Crippen LogP contribution in [0, 0.1) is 0 Å². The fraction of sp³-hybridized carbons (Fsp3) is 0.409. The first kappa shape index (κ1) is 22.0. The summed E-state index contributed by atoms with van der Waals surface area (Å²) in [5.41, 5.74) is 0.571. The van der Waals surface area contributed by atoms with E-state index in [1.807, 2.05) is 11.8 Å². The molecule has 0 saturated carbocycles. The standard InChI is InChI=1S/C22H24F3NO4/c1-3-30-19-13-15(8-11-18(19)29-2)20(26-12-4-5-17(26)21(27)28)14-6-9-16(10-7-14)22(23,24)25/h6-11,13,17,20H,3-5,12H2,1-2H3,(H,27,28). The summed E-state index contributed by atoms with van der Waals surface area (Å²) in [4.78, 5) is 13.6. The Hall–Kier alpha value is -2.74. The largest absolute Gasteiger partial charge is 0.493 e. The maximum atomic E-state index is 13.0. The Morgan fingerprint density at radius 2 is 1.83 bits per heavy atom. The molecule has 0 spiro atoms. The Bertz CT molecular complexity index is 883. The van der Waals surface area contributed by atoms with Gasteiger partial charge in [-0.15, -0.1) is 0 Å². The molecule has 1 heterocycles. The molecule has 2 aromatic carbocycles. The van der Waals surface area contributed by atoms with Gasteiger partial charge in [0.25, 0.3) is 0 Å². The molecule has 1 N–H and O–H groups in total. The molecule has 8 heteroatoms. The normalized spacial score (nSPS) is 18.2. The Kier molecular flexibility index (Phi) is 6.55. The van der Waals surface area contributed by atoms with Gasteiger partial charge in [-0.25, -0.2) is 0 Å². The highest BCUT2D eigenvalue weighted by Gasteiger charge is 2.38. The van der Waals surface area contributed by atoms with Crippen molar-refractivity contribution >= 4 is 5.97 Å². The SMILES string of the molecule is CCOc1cc(C(c2ccc(C(F)(F)F)cc2)N2CCCC2C(=O)O)ccc1OC. The van der Waals surface area contributed by atoms with E-state index in [4.69, 9.17) is 9.47 Å². The number of rotatable bonds is 7. The van der Waals surface area contributed by atoms with Crippen LogP contribution >= 0.6 is 0 Å². The van der Waals surface area contributed by atoms with Crippen LogP contribution < -0.4 is 9.47 Å². The summed E-state index contributed by atoms with van der Waals surface area (Å²) >= 11 is 0. The highest BCUT2D eigenvalue weighted by atomic mass is 19.4. The van der Waals surface area contributed by atoms with Gasteiger partial charge in [0, 0.05) is 6.54 Å². The van der Waals surface area contributed by atoms with Gasteiger partial charge >= 0.3 is 12.1 Å². The van der Waals surface area contributed by atoms with E-state index >= 15 is 0 Å². The van der Waals surface area contributed by atoms with Crippen molar-refractivity contribution in [1.29, 1.82) is 0 Å². The second-order valence-corrected chi connectivity index (χ2v) is 7.10. The van der Waals surface area contributed by atoms with Crippen LogP contribution in [-0.2, 0) is 11.0 Å². The lowest BCUT2D eigenvalue weighted by molar-refractivity contribution is -0.142. The monoisotopic (exact) mass is 423 g/mol. The zero-order chi connectivity index (χ0) is 21.9. The zero-order valence-electron chi connectivity index (χ0n) is 16.8. The molecule has 0 aromatic heterocycles. The molecule has 2 aromatic rings. The first-order valence-electron chi connectivity index (χ1n) is 9.72. The van der Waals surface area contributed by atoms with Gasteiger partial charge in [-0.3, -0.25) is 9.69 Å². The highest BCUT2D eigenvalue weighted by Crippen LogP contribution is 2.39. The third kappa shape index (κ3) is 4.53. The Morgan fingerprint density at radius 1 is 1.17 bits per heavy atom. The van der Waals surface area contributed by atoms with Crippen LogP contribution in [0.15, 0.2) is 42.5 Å². The van der Waals surface area contributed by atoms with E-state index in [0.717, 1.165) is 17.7 Å². The number of carbonyl (C=O) groups is 1. The number of nitrogens with zero attached hydrogens (tertiary/aromatic N) is 1. The summed E-state index contributed by atoms with van der Waals surface area (Å²) in [5, 5.41) is 9.66. The fourth-order valence-electron chi connectivity index (χ4n) is 3.92. The highest BCUT2D eigenvalue weighted by molar-refractivity contribution is 5.74. The first-order chi connectivity index (χ1) is 14.3. The maximum absolute atomic E-state index is 13.0. The number of halogens is 3. The van der Waals surface area contributed by atoms with Crippen LogP contribution in [0.5, 0.6) is 11.5 Å². The minimum Gasteiger partial charge on any atom is -0.493 e. The molecule has 0 amide bonds. The van der Waals surface area contributed by atoms with Crippen LogP contribution in [0.25, 0.3) is 0 Å². The second-order valence-electron chi connectivity index (χ2n) is 7.10. The Labute approximate surface area is 173 Å². The van der Waals surface area contributed by atoms with Gasteiger partial charge in [0.2, 0.25) is 0 Å². The number of hydrogen-bond acceptors (Lipinski definition) is 4. The van der Waals surface area contributed by atoms with Gasteiger partial charge in [0.15, 0.2) is 11.5 Å². The van der Waals surface area contributed by atoms with Crippen molar-refractivity contribution in [2.75, 3.05) is 20.3 Å². The summed E-state index contributed by atoms with van der Waals surface area (Å²) in [6, 6.07) is 8.93. The van der Waals surface area contributed by atoms with Crippen LogP contribution in [-0.4, -0.2) is 42.3 Å². The predicted octanol–water partition coefficient (Wildman–Crippen LogP) is 4.75. The summed E-state index contributed by atoms with van der Waals surface area (Å²) in [6.07, 6.45) is -3.25. The molecule has 1 aliphatic heterocycles. The van der Waals surface area contributed by atoms with E-state index in [2.05, 4.69) is 0 Å². The van der Waals surface area contributed by atoms with Gasteiger partial charge in [-0.2, -0.15) is 13.2 Å². The van der Waals surface area contributed by atoms with Crippen LogP contribution in [0.1, 0.15) is 42.5 Å². The van der Waals surface area contributed by atoms with Gasteiger partial charge in [-0.1, -0.05) is 18.2 Å². The van der Waals surface area contributed by atoms with Crippen molar-refractivity contribution < 1.29 is 32.5 Å². The third-order valence-electron chi connectivity index (χ3n) is 5.27. The number of benzene rings is 2. The molecular formula is C22H24F3NO4. The molecule has 2 atom stereocenters. The first-order valence-corrected chi connectivity index (χ1v) is 9.72. The minimum atomic E-state index is -4.44. The number of ether oxygens (including phenoxy) is 2. The van der Waals surface area contributed by atoms with Crippen LogP contribution in [0.4, 0.5) is 13.2 Å². The molecule has 0 aliphatic carbocycles. The van der Waals surface area contributed by atoms with E-state index in [1.165, 1.54) is 19.2 Å². The average molecular weight is 423 g/mol. The lowest BCUT2D eigenvalue weighted by Crippen LogP contribution is -2.39. The van der Waals surface area contributed by atoms with Crippen molar-refractivity contribution in [2.45, 2.75) is 38.0 Å². The van der Waals surface area contributed by atoms with E-state index in [9.17, 15) is 23.1 Å².